The van der Waals surface area contributed by atoms with Gasteiger partial charge in [-0.05, 0) is 18.2 Å². The van der Waals surface area contributed by atoms with E-state index in [4.69, 9.17) is 4.74 Å². The van der Waals surface area contributed by atoms with Crippen LogP contribution in [0.5, 0.6) is 0 Å². The molecule has 1 N–H and O–H groups in total. The average molecular weight is 352 g/mol. The molecule has 0 aliphatic heterocycles. The lowest BCUT2D eigenvalue weighted by atomic mass is 10.1. The molecule has 0 unspecified atom stereocenters. The van der Waals surface area contributed by atoms with Crippen LogP contribution in [0.25, 0.3) is 11.4 Å². The van der Waals surface area contributed by atoms with E-state index in [2.05, 4.69) is 25.5 Å². The van der Waals surface area contributed by atoms with E-state index < -0.39 is 0 Å². The molecule has 8 heteroatoms. The summed E-state index contributed by atoms with van der Waals surface area (Å²) in [7, 11) is 1.65. The van der Waals surface area contributed by atoms with Crippen LogP contribution >= 0.6 is 0 Å². The van der Waals surface area contributed by atoms with Crippen LogP contribution in [0.3, 0.4) is 0 Å². The molecule has 0 aliphatic carbocycles. The summed E-state index contributed by atoms with van der Waals surface area (Å²) in [5.74, 6) is 1.26. The topological polar surface area (TPSA) is 94.8 Å². The van der Waals surface area contributed by atoms with Crippen molar-refractivity contribution in [2.75, 3.05) is 20.3 Å². The van der Waals surface area contributed by atoms with Gasteiger partial charge < -0.3 is 14.6 Å². The Balaban J connectivity index is 1.58. The zero-order chi connectivity index (χ0) is 18.2. The molecular formula is C18H20N6O2. The zero-order valence-electron chi connectivity index (χ0n) is 14.5. The highest BCUT2D eigenvalue weighted by atomic mass is 16.5. The molecule has 134 valence electrons. The van der Waals surface area contributed by atoms with E-state index in [1.165, 1.54) is 0 Å². The van der Waals surface area contributed by atoms with Crippen LogP contribution in [0.4, 0.5) is 0 Å². The Hall–Kier alpha value is -3.13. The molecule has 2 heterocycles. The largest absolute Gasteiger partial charge is 0.383 e. The molecule has 1 aromatic carbocycles. The Morgan fingerprint density at radius 3 is 2.88 bits per heavy atom. The number of amides is 1. The smallest absolute Gasteiger partial charge is 0.251 e. The van der Waals surface area contributed by atoms with Gasteiger partial charge in [-0.25, -0.2) is 9.97 Å². The number of methoxy groups -OCH3 is 1. The summed E-state index contributed by atoms with van der Waals surface area (Å²) in [4.78, 5) is 20.8. The van der Waals surface area contributed by atoms with Crippen LogP contribution in [-0.2, 0) is 17.7 Å². The predicted octanol–water partition coefficient (Wildman–Crippen LogP) is 1.35. The lowest BCUT2D eigenvalue weighted by Crippen LogP contribution is -2.26. The van der Waals surface area contributed by atoms with Crippen molar-refractivity contribution < 1.29 is 9.53 Å². The van der Waals surface area contributed by atoms with E-state index in [1.807, 2.05) is 16.7 Å². The van der Waals surface area contributed by atoms with Crippen molar-refractivity contribution in [1.29, 1.82) is 0 Å². The third-order valence-electron chi connectivity index (χ3n) is 3.81. The second kappa shape index (κ2) is 8.82. The van der Waals surface area contributed by atoms with Crippen LogP contribution in [0.15, 0.2) is 49.1 Å². The van der Waals surface area contributed by atoms with Gasteiger partial charge in [0.2, 0.25) is 0 Å². The Bertz CT molecular complexity index is 850. The molecule has 0 radical (unpaired) electrons. The van der Waals surface area contributed by atoms with Gasteiger partial charge in [0.25, 0.3) is 5.91 Å². The number of benzene rings is 1. The lowest BCUT2D eigenvalue weighted by Gasteiger charge is -2.08. The highest BCUT2D eigenvalue weighted by molar-refractivity contribution is 5.95. The number of hydrogen-bond donors (Lipinski definition) is 1. The van der Waals surface area contributed by atoms with E-state index in [-0.39, 0.29) is 5.91 Å². The van der Waals surface area contributed by atoms with Gasteiger partial charge in [-0.2, -0.15) is 0 Å². The third kappa shape index (κ3) is 4.48. The Labute approximate surface area is 151 Å². The fourth-order valence-corrected chi connectivity index (χ4v) is 2.49. The van der Waals surface area contributed by atoms with Crippen LogP contribution in [0.2, 0.25) is 0 Å². The van der Waals surface area contributed by atoms with Crippen LogP contribution < -0.4 is 5.32 Å². The van der Waals surface area contributed by atoms with Gasteiger partial charge in [0.05, 0.1) is 6.61 Å². The van der Waals surface area contributed by atoms with Gasteiger partial charge in [0.15, 0.2) is 5.82 Å². The number of carbonyl (C=O) groups is 1. The maximum Gasteiger partial charge on any atom is 0.251 e. The first-order valence-corrected chi connectivity index (χ1v) is 8.29. The molecule has 0 aliphatic rings. The van der Waals surface area contributed by atoms with Gasteiger partial charge >= 0.3 is 0 Å². The van der Waals surface area contributed by atoms with E-state index in [9.17, 15) is 4.79 Å². The minimum Gasteiger partial charge on any atom is -0.383 e. The third-order valence-corrected chi connectivity index (χ3v) is 3.81. The fraction of sp³-hybridized carbons (Fsp3) is 0.278. The van der Waals surface area contributed by atoms with Crippen molar-refractivity contribution in [3.8, 4) is 11.4 Å². The minimum absolute atomic E-state index is 0.147. The first-order chi connectivity index (χ1) is 12.8. The second-order valence-corrected chi connectivity index (χ2v) is 5.59. The number of rotatable bonds is 8. The minimum atomic E-state index is -0.147. The van der Waals surface area contributed by atoms with Crippen molar-refractivity contribution in [3.63, 3.8) is 0 Å². The first kappa shape index (κ1) is 17.7. The number of carbonyl (C=O) groups excluding carboxylic acids is 1. The van der Waals surface area contributed by atoms with Crippen molar-refractivity contribution >= 4 is 5.91 Å². The van der Waals surface area contributed by atoms with Gasteiger partial charge in [-0.1, -0.05) is 12.1 Å². The summed E-state index contributed by atoms with van der Waals surface area (Å²) < 4.78 is 6.98. The fourth-order valence-electron chi connectivity index (χ4n) is 2.49. The van der Waals surface area contributed by atoms with Crippen molar-refractivity contribution in [1.82, 2.24) is 30.0 Å². The van der Waals surface area contributed by atoms with E-state index >= 15 is 0 Å². The molecule has 8 nitrogen and oxygen atoms in total. The molecule has 1 amide bonds. The predicted molar refractivity (Wildman–Crippen MR) is 95.4 cm³/mol. The monoisotopic (exact) mass is 352 g/mol. The Morgan fingerprint density at radius 2 is 2.08 bits per heavy atom. The standard InChI is InChI=1S/C18H20N6O2/c1-26-11-10-24-13-22-23-16(24)6-9-21-18(25)15-5-2-4-14(12-15)17-19-7-3-8-20-17/h2-5,7-8,12-13H,6,9-11H2,1H3,(H,21,25). The summed E-state index contributed by atoms with van der Waals surface area (Å²) in [6.45, 7) is 1.74. The normalized spacial score (nSPS) is 10.7. The van der Waals surface area contributed by atoms with E-state index in [0.29, 0.717) is 37.5 Å². The zero-order valence-corrected chi connectivity index (χ0v) is 14.5. The van der Waals surface area contributed by atoms with Crippen LogP contribution in [0, 0.1) is 0 Å². The molecule has 2 aromatic heterocycles. The van der Waals surface area contributed by atoms with E-state index in [1.54, 1.807) is 44.0 Å². The summed E-state index contributed by atoms with van der Waals surface area (Å²) in [5.41, 5.74) is 1.37. The second-order valence-electron chi connectivity index (χ2n) is 5.59. The number of aromatic nitrogens is 5. The average Bonchev–Trinajstić information content (AvgIpc) is 3.14. The van der Waals surface area contributed by atoms with Crippen molar-refractivity contribution in [3.05, 3.63) is 60.4 Å². The maximum atomic E-state index is 12.4. The van der Waals surface area contributed by atoms with Crippen molar-refractivity contribution in [2.45, 2.75) is 13.0 Å². The van der Waals surface area contributed by atoms with Crippen molar-refractivity contribution in [2.24, 2.45) is 0 Å². The van der Waals surface area contributed by atoms with Crippen LogP contribution in [0.1, 0.15) is 16.2 Å². The summed E-state index contributed by atoms with van der Waals surface area (Å²) in [5, 5.41) is 10.9. The highest BCUT2D eigenvalue weighted by Crippen LogP contribution is 2.15. The SMILES string of the molecule is COCCn1cnnc1CCNC(=O)c1cccc(-c2ncccn2)c1. The summed E-state index contributed by atoms with van der Waals surface area (Å²) in [6.07, 6.45) is 5.61. The Kier molecular flexibility index (Phi) is 6.00. The van der Waals surface area contributed by atoms with Gasteiger partial charge in [0, 0.05) is 50.1 Å². The lowest BCUT2D eigenvalue weighted by molar-refractivity contribution is 0.0954. The molecule has 26 heavy (non-hydrogen) atoms. The molecule has 3 aromatic rings. The molecule has 0 spiro atoms. The summed E-state index contributed by atoms with van der Waals surface area (Å²) >= 11 is 0. The quantitative estimate of drug-likeness (QED) is 0.658. The Morgan fingerprint density at radius 1 is 1.23 bits per heavy atom. The van der Waals surface area contributed by atoms with Gasteiger partial charge in [-0.3, -0.25) is 4.79 Å². The molecule has 0 saturated carbocycles. The highest BCUT2D eigenvalue weighted by Gasteiger charge is 2.09. The molecule has 0 fully saturated rings. The number of hydrogen-bond acceptors (Lipinski definition) is 6. The number of ether oxygens (including phenoxy) is 1. The van der Waals surface area contributed by atoms with Gasteiger partial charge in [-0.15, -0.1) is 10.2 Å². The van der Waals surface area contributed by atoms with Gasteiger partial charge in [0.1, 0.15) is 12.2 Å². The molecule has 0 saturated heterocycles. The number of nitrogens with one attached hydrogen (secondary N) is 1. The number of nitrogens with zero attached hydrogens (tertiary/aromatic N) is 5. The van der Waals surface area contributed by atoms with Crippen LogP contribution in [-0.4, -0.2) is 50.9 Å². The van der Waals surface area contributed by atoms with E-state index in [0.717, 1.165) is 11.4 Å². The maximum absolute atomic E-state index is 12.4. The summed E-state index contributed by atoms with van der Waals surface area (Å²) in [6, 6.07) is 9.01. The molecule has 0 bridgehead atoms. The molecular weight excluding hydrogens is 332 g/mol. The molecule has 3 rings (SSSR count). The molecule has 0 atom stereocenters. The first-order valence-electron chi connectivity index (χ1n) is 8.29.